The van der Waals surface area contributed by atoms with Crippen molar-refractivity contribution in [3.63, 3.8) is 0 Å². The van der Waals surface area contributed by atoms with Gasteiger partial charge in [0, 0.05) is 6.42 Å². The molecule has 1 heterocycles. The van der Waals surface area contributed by atoms with Gasteiger partial charge in [-0.15, -0.1) is 0 Å². The first-order valence-corrected chi connectivity index (χ1v) is 5.35. The lowest BCUT2D eigenvalue weighted by atomic mass is 10.0. The average Bonchev–Trinajstić information content (AvgIpc) is 2.37. The van der Waals surface area contributed by atoms with Crippen LogP contribution >= 0.6 is 0 Å². The van der Waals surface area contributed by atoms with Gasteiger partial charge in [-0.2, -0.15) is 0 Å². The Bertz CT molecular complexity index is 251. The lowest BCUT2D eigenvalue weighted by Gasteiger charge is -2.17. The number of carbonyl (C=O) groups excluding carboxylic acids is 1. The number of allylic oxidation sites excluding steroid dienone is 1. The molecule has 0 saturated carbocycles. The maximum atomic E-state index is 11.5. The fourth-order valence-corrected chi connectivity index (χ4v) is 1.63. The normalized spacial score (nSPS) is 27.0. The summed E-state index contributed by atoms with van der Waals surface area (Å²) in [7, 11) is 0. The lowest BCUT2D eigenvalue weighted by molar-refractivity contribution is -0.129. The van der Waals surface area contributed by atoms with Crippen molar-refractivity contribution in [3.8, 4) is 0 Å². The topological polar surface area (TPSA) is 26.3 Å². The van der Waals surface area contributed by atoms with E-state index >= 15 is 0 Å². The first kappa shape index (κ1) is 11.4. The van der Waals surface area contributed by atoms with Crippen LogP contribution in [-0.2, 0) is 9.53 Å². The molecule has 1 rings (SSSR count). The highest BCUT2D eigenvalue weighted by Crippen LogP contribution is 2.30. The monoisotopic (exact) mass is 196 g/mol. The van der Waals surface area contributed by atoms with Crippen molar-refractivity contribution in [2.45, 2.75) is 58.7 Å². The molecule has 0 aromatic rings. The molecule has 14 heavy (non-hydrogen) atoms. The van der Waals surface area contributed by atoms with Crippen LogP contribution in [0.4, 0.5) is 0 Å². The van der Waals surface area contributed by atoms with Crippen LogP contribution < -0.4 is 0 Å². The van der Waals surface area contributed by atoms with Crippen molar-refractivity contribution >= 4 is 5.78 Å². The molecule has 1 atom stereocenters. The summed E-state index contributed by atoms with van der Waals surface area (Å²) >= 11 is 0. The van der Waals surface area contributed by atoms with E-state index in [9.17, 15) is 4.79 Å². The van der Waals surface area contributed by atoms with Crippen LogP contribution in [0, 0.1) is 0 Å². The van der Waals surface area contributed by atoms with Gasteiger partial charge in [0.15, 0.2) is 5.78 Å². The number of ketones is 1. The van der Waals surface area contributed by atoms with Crippen molar-refractivity contribution in [3.05, 3.63) is 11.6 Å². The van der Waals surface area contributed by atoms with Crippen LogP contribution in [0.5, 0.6) is 0 Å². The third-order valence-electron chi connectivity index (χ3n) is 2.74. The summed E-state index contributed by atoms with van der Waals surface area (Å²) < 4.78 is 5.70. The zero-order valence-electron chi connectivity index (χ0n) is 9.59. The molecule has 0 radical (unpaired) electrons. The van der Waals surface area contributed by atoms with E-state index in [0.717, 1.165) is 12.8 Å². The van der Waals surface area contributed by atoms with Gasteiger partial charge in [0.05, 0.1) is 6.10 Å². The van der Waals surface area contributed by atoms with Gasteiger partial charge >= 0.3 is 0 Å². The predicted molar refractivity (Wildman–Crippen MR) is 57.2 cm³/mol. The highest BCUT2D eigenvalue weighted by atomic mass is 16.5. The zero-order chi connectivity index (χ0) is 10.8. The molecular formula is C12H20O2. The Labute approximate surface area is 86.3 Å². The summed E-state index contributed by atoms with van der Waals surface area (Å²) in [5, 5.41) is 0. The zero-order valence-corrected chi connectivity index (χ0v) is 9.59. The molecule has 0 bridgehead atoms. The number of ether oxygens (including phenoxy) is 1. The molecule has 2 nitrogen and oxygen atoms in total. The van der Waals surface area contributed by atoms with E-state index in [2.05, 4.69) is 19.9 Å². The van der Waals surface area contributed by atoms with Crippen LogP contribution in [0.15, 0.2) is 11.6 Å². The molecule has 0 aromatic heterocycles. The molecule has 1 fully saturated rings. The van der Waals surface area contributed by atoms with E-state index in [1.807, 2.05) is 13.8 Å². The molecule has 80 valence electrons. The number of unbranched alkanes of at least 4 members (excludes halogenated alkanes) is 1. The van der Waals surface area contributed by atoms with Crippen molar-refractivity contribution in [2.24, 2.45) is 0 Å². The van der Waals surface area contributed by atoms with E-state index in [4.69, 9.17) is 4.74 Å². The van der Waals surface area contributed by atoms with E-state index in [0.29, 0.717) is 6.42 Å². The van der Waals surface area contributed by atoms with Crippen LogP contribution in [0.1, 0.15) is 47.0 Å². The van der Waals surface area contributed by atoms with Crippen LogP contribution in [0.3, 0.4) is 0 Å². The Morgan fingerprint density at radius 1 is 1.64 bits per heavy atom. The smallest absolute Gasteiger partial charge is 0.167 e. The molecular weight excluding hydrogens is 176 g/mol. The molecule has 0 aromatic carbocycles. The summed E-state index contributed by atoms with van der Waals surface area (Å²) in [5.41, 5.74) is 0.622. The molecule has 0 unspecified atom stereocenters. The second kappa shape index (κ2) is 4.26. The molecule has 2 heteroatoms. The third-order valence-corrected chi connectivity index (χ3v) is 2.74. The minimum Gasteiger partial charge on any atom is -0.360 e. The number of carbonyl (C=O) groups is 1. The Morgan fingerprint density at radius 3 is 2.71 bits per heavy atom. The van der Waals surface area contributed by atoms with Crippen molar-refractivity contribution in [1.29, 1.82) is 0 Å². The molecule has 1 saturated heterocycles. The van der Waals surface area contributed by atoms with Crippen molar-refractivity contribution in [1.82, 2.24) is 0 Å². The minimum atomic E-state index is -0.577. The number of Topliss-reactive ketones (excluding diaryl/α,β-unsaturated/α-hetero) is 1. The maximum Gasteiger partial charge on any atom is 0.167 e. The Kier molecular flexibility index (Phi) is 3.48. The largest absolute Gasteiger partial charge is 0.360 e. The van der Waals surface area contributed by atoms with Gasteiger partial charge in [-0.05, 0) is 32.8 Å². The van der Waals surface area contributed by atoms with Crippen LogP contribution in [0.2, 0.25) is 0 Å². The van der Waals surface area contributed by atoms with Gasteiger partial charge < -0.3 is 4.74 Å². The number of hydrogen-bond donors (Lipinski definition) is 0. The SMILES string of the molecule is CCCC=C(C)[C@@H]1CC(=O)C(C)(C)O1. The van der Waals surface area contributed by atoms with E-state index in [1.54, 1.807) is 0 Å². The van der Waals surface area contributed by atoms with Crippen molar-refractivity contribution < 1.29 is 9.53 Å². The quantitative estimate of drug-likeness (QED) is 0.649. The van der Waals surface area contributed by atoms with E-state index < -0.39 is 5.60 Å². The highest BCUT2D eigenvalue weighted by molar-refractivity contribution is 5.89. The minimum absolute atomic E-state index is 0.0176. The summed E-state index contributed by atoms with van der Waals surface area (Å²) in [4.78, 5) is 11.5. The summed E-state index contributed by atoms with van der Waals surface area (Å²) in [6, 6.07) is 0. The van der Waals surface area contributed by atoms with Crippen LogP contribution in [0.25, 0.3) is 0 Å². The van der Waals surface area contributed by atoms with Gasteiger partial charge in [0.25, 0.3) is 0 Å². The van der Waals surface area contributed by atoms with Crippen molar-refractivity contribution in [2.75, 3.05) is 0 Å². The molecule has 0 amide bonds. The first-order chi connectivity index (χ1) is 6.47. The van der Waals surface area contributed by atoms with Gasteiger partial charge in [-0.25, -0.2) is 0 Å². The van der Waals surface area contributed by atoms with Crippen LogP contribution in [-0.4, -0.2) is 17.5 Å². The summed E-state index contributed by atoms with van der Waals surface area (Å²) in [6.45, 7) is 7.90. The van der Waals surface area contributed by atoms with Gasteiger partial charge in [0.2, 0.25) is 0 Å². The average molecular weight is 196 g/mol. The molecule has 0 spiro atoms. The lowest BCUT2D eigenvalue weighted by Crippen LogP contribution is -2.27. The second-order valence-electron chi connectivity index (χ2n) is 4.48. The molecule has 0 aliphatic carbocycles. The third kappa shape index (κ3) is 2.44. The van der Waals surface area contributed by atoms with E-state index in [1.165, 1.54) is 5.57 Å². The summed E-state index contributed by atoms with van der Waals surface area (Å²) in [6.07, 6.45) is 4.95. The second-order valence-corrected chi connectivity index (χ2v) is 4.48. The first-order valence-electron chi connectivity index (χ1n) is 5.35. The fraction of sp³-hybridized carbons (Fsp3) is 0.750. The standard InChI is InChI=1S/C12H20O2/c1-5-6-7-9(2)10-8-11(13)12(3,4)14-10/h7,10H,5-6,8H2,1-4H3/t10-/m0/s1. The molecule has 0 N–H and O–H groups in total. The number of hydrogen-bond acceptors (Lipinski definition) is 2. The Balaban J connectivity index is 2.61. The number of rotatable bonds is 3. The predicted octanol–water partition coefficient (Wildman–Crippen LogP) is 2.87. The van der Waals surface area contributed by atoms with E-state index in [-0.39, 0.29) is 11.9 Å². The fourth-order valence-electron chi connectivity index (χ4n) is 1.63. The molecule has 1 aliphatic rings. The van der Waals surface area contributed by atoms with Gasteiger partial charge in [0.1, 0.15) is 5.60 Å². The Morgan fingerprint density at radius 2 is 2.29 bits per heavy atom. The molecule has 1 aliphatic heterocycles. The van der Waals surface area contributed by atoms with Gasteiger partial charge in [-0.1, -0.05) is 19.4 Å². The summed E-state index contributed by atoms with van der Waals surface area (Å²) in [5.74, 6) is 0.215. The highest BCUT2D eigenvalue weighted by Gasteiger charge is 2.40. The van der Waals surface area contributed by atoms with Gasteiger partial charge in [-0.3, -0.25) is 4.79 Å². The maximum absolute atomic E-state index is 11.5. The Hall–Kier alpha value is -0.630.